The van der Waals surface area contributed by atoms with Gasteiger partial charge in [-0.2, -0.15) is 0 Å². The summed E-state index contributed by atoms with van der Waals surface area (Å²) in [5.74, 6) is 1.59. The summed E-state index contributed by atoms with van der Waals surface area (Å²) < 4.78 is 11.3. The Bertz CT molecular complexity index is 827. The predicted molar refractivity (Wildman–Crippen MR) is 120 cm³/mol. The van der Waals surface area contributed by atoms with Gasteiger partial charge >= 0.3 is 0 Å². The molecule has 2 aromatic rings. The van der Waals surface area contributed by atoms with Crippen LogP contribution in [0.15, 0.2) is 54.1 Å². The van der Waals surface area contributed by atoms with Crippen LogP contribution in [-0.4, -0.2) is 66.0 Å². The van der Waals surface area contributed by atoms with E-state index in [4.69, 9.17) is 21.1 Å². The first-order valence-corrected chi connectivity index (χ1v) is 10.8. The first-order chi connectivity index (χ1) is 14.5. The minimum atomic E-state index is -0.673. The van der Waals surface area contributed by atoms with Gasteiger partial charge in [0.1, 0.15) is 36.9 Å². The largest absolute Gasteiger partial charge is 0.491 e. The molecule has 1 aliphatic heterocycles. The second-order valence-electron chi connectivity index (χ2n) is 7.81. The molecule has 3 rings (SSSR count). The summed E-state index contributed by atoms with van der Waals surface area (Å²) in [4.78, 5) is 2.18. The number of aliphatic hydroxyl groups excluding tert-OH is 2. The Kier molecular flexibility index (Phi) is 8.16. The summed E-state index contributed by atoms with van der Waals surface area (Å²) in [6, 6.07) is 15.8. The third-order valence-electron chi connectivity index (χ3n) is 4.86. The fourth-order valence-electron chi connectivity index (χ4n) is 3.21. The highest BCUT2D eigenvalue weighted by Gasteiger charge is 2.20. The van der Waals surface area contributed by atoms with Crippen LogP contribution < -0.4 is 9.47 Å². The third-order valence-corrected chi connectivity index (χ3v) is 5.21. The number of hydrogen-bond donors (Lipinski definition) is 2. The van der Waals surface area contributed by atoms with E-state index >= 15 is 0 Å². The minimum absolute atomic E-state index is 0.150. The van der Waals surface area contributed by atoms with Gasteiger partial charge in [0.2, 0.25) is 0 Å². The van der Waals surface area contributed by atoms with E-state index in [1.54, 1.807) is 0 Å². The highest BCUT2D eigenvalue weighted by atomic mass is 35.5. The van der Waals surface area contributed by atoms with Gasteiger partial charge in [-0.25, -0.2) is 0 Å². The van der Waals surface area contributed by atoms with E-state index in [1.165, 1.54) is 5.57 Å². The fourth-order valence-corrected chi connectivity index (χ4v) is 3.30. The Labute approximate surface area is 183 Å². The number of allylic oxidation sites excluding steroid dienone is 1. The maximum absolute atomic E-state index is 9.99. The van der Waals surface area contributed by atoms with Crippen LogP contribution >= 0.6 is 11.6 Å². The smallest absolute Gasteiger partial charge is 0.119 e. The third kappa shape index (κ3) is 6.74. The zero-order valence-corrected chi connectivity index (χ0v) is 18.3. The van der Waals surface area contributed by atoms with Crippen molar-refractivity contribution in [1.82, 2.24) is 4.90 Å². The van der Waals surface area contributed by atoms with Crippen molar-refractivity contribution in [1.29, 1.82) is 0 Å². The van der Waals surface area contributed by atoms with Gasteiger partial charge in [-0.15, -0.1) is 11.6 Å². The molecular formula is C24H30ClNO4. The van der Waals surface area contributed by atoms with E-state index in [1.807, 2.05) is 48.5 Å². The second kappa shape index (κ2) is 10.8. The number of rotatable bonds is 11. The van der Waals surface area contributed by atoms with E-state index < -0.39 is 12.2 Å². The number of β-amino-alcohol motifs (C(OH)–C–C–N with tert-alkyl or cyclic N) is 1. The standard InChI is InChI=1S/C24H30ClNO4/c1-17(2)24(18-3-7-22(8-4-18)29-15-20(27)13-25)19-5-9-23(10-6-19)30-16-21(28)14-26-11-12-26/h3-10,20-21,27-28H,11-16H2,1-2H3. The Hall–Kier alpha value is -2.05. The lowest BCUT2D eigenvalue weighted by Gasteiger charge is -2.15. The van der Waals surface area contributed by atoms with Crippen molar-refractivity contribution in [2.24, 2.45) is 0 Å². The van der Waals surface area contributed by atoms with Crippen LogP contribution in [0.1, 0.15) is 25.0 Å². The van der Waals surface area contributed by atoms with E-state index in [-0.39, 0.29) is 12.5 Å². The van der Waals surface area contributed by atoms with Gasteiger partial charge in [0.25, 0.3) is 0 Å². The SMILES string of the molecule is CC(C)=C(c1ccc(OCC(O)CCl)cc1)c1ccc(OCC(O)CN2CC2)cc1. The number of aliphatic hydroxyl groups is 2. The van der Waals surface area contributed by atoms with Crippen LogP contribution in [0.25, 0.3) is 5.57 Å². The summed E-state index contributed by atoms with van der Waals surface area (Å²) in [7, 11) is 0. The van der Waals surface area contributed by atoms with E-state index in [9.17, 15) is 10.2 Å². The monoisotopic (exact) mass is 431 g/mol. The van der Waals surface area contributed by atoms with Crippen molar-refractivity contribution in [3.63, 3.8) is 0 Å². The Balaban J connectivity index is 1.63. The van der Waals surface area contributed by atoms with Crippen molar-refractivity contribution in [3.8, 4) is 11.5 Å². The summed E-state index contributed by atoms with van der Waals surface area (Å²) >= 11 is 5.60. The van der Waals surface area contributed by atoms with Crippen LogP contribution in [-0.2, 0) is 0 Å². The average molecular weight is 432 g/mol. The maximum atomic E-state index is 9.99. The maximum Gasteiger partial charge on any atom is 0.119 e. The van der Waals surface area contributed by atoms with Crippen LogP contribution in [0.3, 0.4) is 0 Å². The molecule has 0 radical (unpaired) electrons. The van der Waals surface area contributed by atoms with Crippen molar-refractivity contribution >= 4 is 17.2 Å². The van der Waals surface area contributed by atoms with Crippen molar-refractivity contribution in [3.05, 3.63) is 65.2 Å². The first kappa shape index (κ1) is 22.6. The molecule has 6 heteroatoms. The van der Waals surface area contributed by atoms with Gasteiger partial charge in [-0.05, 0) is 54.8 Å². The molecule has 162 valence electrons. The number of hydrogen-bond acceptors (Lipinski definition) is 5. The quantitative estimate of drug-likeness (QED) is 0.420. The Morgan fingerprint density at radius 1 is 0.867 bits per heavy atom. The molecule has 5 nitrogen and oxygen atoms in total. The predicted octanol–water partition coefficient (Wildman–Crippen LogP) is 3.56. The number of benzene rings is 2. The molecule has 0 aliphatic carbocycles. The molecule has 0 bridgehead atoms. The molecule has 1 fully saturated rings. The number of nitrogens with zero attached hydrogens (tertiary/aromatic N) is 1. The molecule has 0 amide bonds. The molecule has 0 spiro atoms. The molecule has 2 aromatic carbocycles. The zero-order valence-electron chi connectivity index (χ0n) is 17.6. The van der Waals surface area contributed by atoms with Crippen LogP contribution in [0.2, 0.25) is 0 Å². The zero-order chi connectivity index (χ0) is 21.5. The van der Waals surface area contributed by atoms with Gasteiger partial charge in [-0.1, -0.05) is 29.8 Å². The van der Waals surface area contributed by atoms with Crippen molar-refractivity contribution in [2.75, 3.05) is 38.7 Å². The number of halogens is 1. The van der Waals surface area contributed by atoms with Crippen molar-refractivity contribution in [2.45, 2.75) is 26.1 Å². The summed E-state index contributed by atoms with van der Waals surface area (Å²) in [5, 5.41) is 19.5. The lowest BCUT2D eigenvalue weighted by molar-refractivity contribution is 0.0943. The van der Waals surface area contributed by atoms with Gasteiger partial charge in [0.15, 0.2) is 0 Å². The summed E-state index contributed by atoms with van der Waals surface area (Å²) in [5.41, 5.74) is 4.53. The number of alkyl halides is 1. The summed E-state index contributed by atoms with van der Waals surface area (Å²) in [6.07, 6.45) is -1.14. The van der Waals surface area contributed by atoms with E-state index in [2.05, 4.69) is 18.7 Å². The van der Waals surface area contributed by atoms with Gasteiger partial charge < -0.3 is 19.7 Å². The van der Waals surface area contributed by atoms with Gasteiger partial charge in [0, 0.05) is 19.6 Å². The fraction of sp³-hybridized carbons (Fsp3) is 0.417. The molecule has 2 atom stereocenters. The van der Waals surface area contributed by atoms with Gasteiger partial charge in [0.05, 0.1) is 5.88 Å². The molecule has 30 heavy (non-hydrogen) atoms. The second-order valence-corrected chi connectivity index (χ2v) is 8.12. The molecule has 2 unspecified atom stereocenters. The van der Waals surface area contributed by atoms with E-state index in [0.29, 0.717) is 18.9 Å². The molecule has 1 aliphatic rings. The molecule has 0 aromatic heterocycles. The number of ether oxygens (including phenoxy) is 2. The summed E-state index contributed by atoms with van der Waals surface area (Å²) in [6.45, 7) is 7.46. The first-order valence-electron chi connectivity index (χ1n) is 10.2. The van der Waals surface area contributed by atoms with Gasteiger partial charge in [-0.3, -0.25) is 4.90 Å². The Morgan fingerprint density at radius 3 is 1.73 bits per heavy atom. The molecule has 0 saturated carbocycles. The lowest BCUT2D eigenvalue weighted by atomic mass is 9.94. The van der Waals surface area contributed by atoms with Crippen LogP contribution in [0.4, 0.5) is 0 Å². The van der Waals surface area contributed by atoms with Crippen LogP contribution in [0, 0.1) is 0 Å². The van der Waals surface area contributed by atoms with Crippen LogP contribution in [0.5, 0.6) is 11.5 Å². The molecule has 1 saturated heterocycles. The molecule has 1 heterocycles. The van der Waals surface area contributed by atoms with E-state index in [0.717, 1.165) is 35.5 Å². The minimum Gasteiger partial charge on any atom is -0.491 e. The Morgan fingerprint density at radius 2 is 1.33 bits per heavy atom. The highest BCUT2D eigenvalue weighted by Crippen LogP contribution is 2.29. The topological polar surface area (TPSA) is 61.9 Å². The normalized spacial score (nSPS) is 15.4. The average Bonchev–Trinajstić information content (AvgIpc) is 3.56. The van der Waals surface area contributed by atoms with Crippen molar-refractivity contribution < 1.29 is 19.7 Å². The highest BCUT2D eigenvalue weighted by molar-refractivity contribution is 6.18. The lowest BCUT2D eigenvalue weighted by Crippen LogP contribution is -2.25. The molecule has 2 N–H and O–H groups in total. The molecular weight excluding hydrogens is 402 g/mol.